The van der Waals surface area contributed by atoms with Crippen LogP contribution in [0.15, 0.2) is 36.4 Å². The Morgan fingerprint density at radius 1 is 1.12 bits per heavy atom. The number of rotatable bonds is 5. The number of hydrogen-bond donors (Lipinski definition) is 1. The van der Waals surface area contributed by atoms with Crippen molar-refractivity contribution in [1.82, 2.24) is 20.0 Å². The van der Waals surface area contributed by atoms with Crippen LogP contribution in [0.25, 0.3) is 0 Å². The van der Waals surface area contributed by atoms with Crippen molar-refractivity contribution in [2.24, 2.45) is 0 Å². The van der Waals surface area contributed by atoms with Crippen LogP contribution < -0.4 is 10.1 Å². The maximum Gasteiger partial charge on any atom is 0.274 e. The van der Waals surface area contributed by atoms with Crippen LogP contribution in [0.5, 0.6) is 5.75 Å². The van der Waals surface area contributed by atoms with Gasteiger partial charge in [-0.2, -0.15) is 0 Å². The zero-order valence-corrected chi connectivity index (χ0v) is 14.6. The number of ether oxygens (including phenoxy) is 1. The van der Waals surface area contributed by atoms with Crippen LogP contribution in [0.1, 0.15) is 17.4 Å². The third kappa shape index (κ3) is 4.24. The van der Waals surface area contributed by atoms with E-state index < -0.39 is 0 Å². The standard InChI is InChI=1S/C18H23N5O2/c1-3-25-16-7-5-4-6-14(16)19-17-9-8-15(20-21-17)18(24)23-12-10-22(2)11-13-23/h4-9H,3,10-13H2,1-2H3,(H,19,21). The van der Waals surface area contributed by atoms with Crippen molar-refractivity contribution >= 4 is 17.4 Å². The van der Waals surface area contributed by atoms with Gasteiger partial charge in [0.25, 0.3) is 5.91 Å². The van der Waals surface area contributed by atoms with Crippen molar-refractivity contribution in [3.63, 3.8) is 0 Å². The molecular weight excluding hydrogens is 318 g/mol. The Morgan fingerprint density at radius 2 is 1.88 bits per heavy atom. The minimum Gasteiger partial charge on any atom is -0.492 e. The van der Waals surface area contributed by atoms with Gasteiger partial charge in [-0.05, 0) is 38.2 Å². The number of carbonyl (C=O) groups excluding carboxylic acids is 1. The lowest BCUT2D eigenvalue weighted by molar-refractivity contribution is 0.0657. The fourth-order valence-corrected chi connectivity index (χ4v) is 2.67. The Kier molecular flexibility index (Phi) is 5.45. The molecule has 0 bridgehead atoms. The number of anilines is 2. The maximum atomic E-state index is 12.5. The molecule has 132 valence electrons. The first-order chi connectivity index (χ1) is 12.2. The Bertz CT molecular complexity index is 712. The van der Waals surface area contributed by atoms with Gasteiger partial charge in [0.05, 0.1) is 12.3 Å². The van der Waals surface area contributed by atoms with Crippen LogP contribution in [0.3, 0.4) is 0 Å². The molecule has 3 rings (SSSR count). The number of carbonyl (C=O) groups is 1. The molecule has 7 heteroatoms. The molecule has 0 unspecified atom stereocenters. The molecule has 1 aromatic heterocycles. The Morgan fingerprint density at radius 3 is 2.56 bits per heavy atom. The van der Waals surface area contributed by atoms with Gasteiger partial charge in [0.2, 0.25) is 0 Å². The highest BCUT2D eigenvalue weighted by atomic mass is 16.5. The summed E-state index contributed by atoms with van der Waals surface area (Å²) in [4.78, 5) is 16.5. The molecule has 0 saturated carbocycles. The lowest BCUT2D eigenvalue weighted by Gasteiger charge is -2.32. The number of nitrogens with one attached hydrogen (secondary N) is 1. The molecule has 1 amide bonds. The smallest absolute Gasteiger partial charge is 0.274 e. The highest BCUT2D eigenvalue weighted by Crippen LogP contribution is 2.26. The quantitative estimate of drug-likeness (QED) is 0.897. The predicted molar refractivity (Wildman–Crippen MR) is 96.3 cm³/mol. The van der Waals surface area contributed by atoms with E-state index in [0.29, 0.717) is 18.1 Å². The van der Waals surface area contributed by atoms with Crippen LogP contribution in [-0.2, 0) is 0 Å². The van der Waals surface area contributed by atoms with Crippen molar-refractivity contribution in [1.29, 1.82) is 0 Å². The van der Waals surface area contributed by atoms with E-state index in [1.807, 2.05) is 36.1 Å². The largest absolute Gasteiger partial charge is 0.492 e. The van der Waals surface area contributed by atoms with E-state index in [2.05, 4.69) is 27.5 Å². The molecule has 1 saturated heterocycles. The van der Waals surface area contributed by atoms with Gasteiger partial charge in [0, 0.05) is 26.2 Å². The second-order valence-electron chi connectivity index (χ2n) is 5.95. The zero-order chi connectivity index (χ0) is 17.6. The lowest BCUT2D eigenvalue weighted by atomic mass is 10.2. The number of aromatic nitrogens is 2. The molecule has 2 heterocycles. The summed E-state index contributed by atoms with van der Waals surface area (Å²) in [6.07, 6.45) is 0. The van der Waals surface area contributed by atoms with E-state index in [0.717, 1.165) is 37.6 Å². The Hall–Kier alpha value is -2.67. The summed E-state index contributed by atoms with van der Waals surface area (Å²) in [6.45, 7) is 5.73. The van der Waals surface area contributed by atoms with Gasteiger partial charge in [0.15, 0.2) is 11.5 Å². The molecule has 7 nitrogen and oxygen atoms in total. The fraction of sp³-hybridized carbons (Fsp3) is 0.389. The fourth-order valence-electron chi connectivity index (χ4n) is 2.67. The molecule has 1 N–H and O–H groups in total. The summed E-state index contributed by atoms with van der Waals surface area (Å²) in [5, 5.41) is 11.4. The predicted octanol–water partition coefficient (Wildman–Crippen LogP) is 2.01. The molecule has 0 atom stereocenters. The van der Waals surface area contributed by atoms with E-state index >= 15 is 0 Å². The molecule has 1 fully saturated rings. The summed E-state index contributed by atoms with van der Waals surface area (Å²) >= 11 is 0. The van der Waals surface area contributed by atoms with Crippen LogP contribution in [-0.4, -0.2) is 65.7 Å². The first-order valence-electron chi connectivity index (χ1n) is 8.48. The van der Waals surface area contributed by atoms with Gasteiger partial charge in [-0.3, -0.25) is 4.79 Å². The Balaban J connectivity index is 1.67. The van der Waals surface area contributed by atoms with Gasteiger partial charge < -0.3 is 19.9 Å². The molecule has 25 heavy (non-hydrogen) atoms. The number of para-hydroxylation sites is 2. The third-order valence-corrected chi connectivity index (χ3v) is 4.12. The van der Waals surface area contributed by atoms with Gasteiger partial charge in [0.1, 0.15) is 5.75 Å². The van der Waals surface area contributed by atoms with Crippen molar-refractivity contribution in [3.05, 3.63) is 42.1 Å². The summed E-state index contributed by atoms with van der Waals surface area (Å²) in [7, 11) is 2.06. The molecule has 2 aromatic rings. The van der Waals surface area contributed by atoms with Crippen LogP contribution >= 0.6 is 0 Å². The van der Waals surface area contributed by atoms with Crippen molar-refractivity contribution in [3.8, 4) is 5.75 Å². The summed E-state index contributed by atoms with van der Waals surface area (Å²) in [5.41, 5.74) is 1.19. The molecule has 1 aromatic carbocycles. The Labute approximate surface area is 147 Å². The normalized spacial score (nSPS) is 15.0. The van der Waals surface area contributed by atoms with Gasteiger partial charge in [-0.25, -0.2) is 0 Å². The zero-order valence-electron chi connectivity index (χ0n) is 14.6. The summed E-state index contributed by atoms with van der Waals surface area (Å²) < 4.78 is 5.58. The van der Waals surface area contributed by atoms with E-state index in [4.69, 9.17) is 4.74 Å². The van der Waals surface area contributed by atoms with Gasteiger partial charge in [-0.15, -0.1) is 10.2 Å². The number of nitrogens with zero attached hydrogens (tertiary/aromatic N) is 4. The summed E-state index contributed by atoms with van der Waals surface area (Å²) in [5.74, 6) is 1.26. The minimum absolute atomic E-state index is 0.0677. The lowest BCUT2D eigenvalue weighted by Crippen LogP contribution is -2.47. The highest BCUT2D eigenvalue weighted by Gasteiger charge is 2.21. The first-order valence-corrected chi connectivity index (χ1v) is 8.48. The number of amides is 1. The second-order valence-corrected chi connectivity index (χ2v) is 5.95. The molecule has 1 aliphatic heterocycles. The van der Waals surface area contributed by atoms with Crippen LogP contribution in [0.2, 0.25) is 0 Å². The summed E-state index contributed by atoms with van der Waals surface area (Å²) in [6, 6.07) is 11.1. The van der Waals surface area contributed by atoms with E-state index in [9.17, 15) is 4.79 Å². The number of likely N-dealkylation sites (N-methyl/N-ethyl adjacent to an activating group) is 1. The maximum absolute atomic E-state index is 12.5. The second kappa shape index (κ2) is 7.94. The first kappa shape index (κ1) is 17.2. The minimum atomic E-state index is -0.0677. The van der Waals surface area contributed by atoms with E-state index in [1.54, 1.807) is 12.1 Å². The number of hydrogen-bond acceptors (Lipinski definition) is 6. The van der Waals surface area contributed by atoms with Crippen molar-refractivity contribution < 1.29 is 9.53 Å². The van der Waals surface area contributed by atoms with Crippen molar-refractivity contribution in [2.75, 3.05) is 45.2 Å². The van der Waals surface area contributed by atoms with Crippen molar-refractivity contribution in [2.45, 2.75) is 6.92 Å². The molecule has 0 spiro atoms. The molecule has 0 radical (unpaired) electrons. The molecule has 1 aliphatic rings. The number of piperazine rings is 1. The van der Waals surface area contributed by atoms with E-state index in [-0.39, 0.29) is 5.91 Å². The topological polar surface area (TPSA) is 70.6 Å². The number of benzene rings is 1. The monoisotopic (exact) mass is 341 g/mol. The molecular formula is C18H23N5O2. The highest BCUT2D eigenvalue weighted by molar-refractivity contribution is 5.92. The molecule has 0 aliphatic carbocycles. The average molecular weight is 341 g/mol. The third-order valence-electron chi connectivity index (χ3n) is 4.12. The SMILES string of the molecule is CCOc1ccccc1Nc1ccc(C(=O)N2CCN(C)CC2)nn1. The van der Waals surface area contributed by atoms with E-state index in [1.165, 1.54) is 0 Å². The van der Waals surface area contributed by atoms with Crippen LogP contribution in [0, 0.1) is 0 Å². The average Bonchev–Trinajstić information content (AvgIpc) is 2.64. The van der Waals surface area contributed by atoms with Gasteiger partial charge in [-0.1, -0.05) is 12.1 Å². The van der Waals surface area contributed by atoms with Gasteiger partial charge >= 0.3 is 0 Å². The van der Waals surface area contributed by atoms with Crippen LogP contribution in [0.4, 0.5) is 11.5 Å².